The van der Waals surface area contributed by atoms with Crippen molar-refractivity contribution in [3.05, 3.63) is 199 Å². The van der Waals surface area contributed by atoms with Gasteiger partial charge in [-0.05, 0) is 71.3 Å². The molecule has 1 unspecified atom stereocenters. The molecule has 8 aromatic carbocycles. The van der Waals surface area contributed by atoms with Crippen molar-refractivity contribution in [1.82, 2.24) is 9.88 Å². The highest BCUT2D eigenvalue weighted by Crippen LogP contribution is 2.41. The first kappa shape index (κ1) is 31.6. The van der Waals surface area contributed by atoms with E-state index in [1.165, 1.54) is 21.8 Å². The van der Waals surface area contributed by atoms with Crippen LogP contribution in [0.2, 0.25) is 0 Å². The Balaban J connectivity index is 0.951. The number of rotatable bonds is 5. The minimum absolute atomic E-state index is 0.277. The van der Waals surface area contributed by atoms with Gasteiger partial charge in [0.15, 0.2) is 5.84 Å². The largest absolute Gasteiger partial charge is 0.456 e. The predicted octanol–water partition coefficient (Wildman–Crippen LogP) is 12.7. The summed E-state index contributed by atoms with van der Waals surface area (Å²) in [6.07, 6.45) is -0.277. The fourth-order valence-corrected chi connectivity index (χ4v) is 8.61. The predicted molar refractivity (Wildman–Crippen MR) is 233 cm³/mol. The second kappa shape index (κ2) is 12.4. The van der Waals surface area contributed by atoms with Crippen LogP contribution in [0.15, 0.2) is 201 Å². The summed E-state index contributed by atoms with van der Waals surface area (Å²) in [7, 11) is 0. The standard InChI is InChI=1S/C51H32N4O2/c1-3-12-31(13-4-1)49-52-50(32-14-5-2-6-15-32)54-51(53-49)34-22-25-40-46(29-34)57-45-21-11-18-36(48(40)45)33-23-27-44-41(28-33)39-26-24-35(30-47(39)56-44)55-42-19-9-7-16-37(42)38-17-8-10-20-43(38)55/h1-30,49H,(H,52,53,54). The number of hydrogen-bond acceptors (Lipinski definition) is 5. The summed E-state index contributed by atoms with van der Waals surface area (Å²) in [5, 5.41) is 10.3. The van der Waals surface area contributed by atoms with Gasteiger partial charge in [0, 0.05) is 55.2 Å². The van der Waals surface area contributed by atoms with Crippen molar-refractivity contribution in [2.45, 2.75) is 6.17 Å². The van der Waals surface area contributed by atoms with Crippen molar-refractivity contribution < 1.29 is 8.83 Å². The topological polar surface area (TPSA) is 68.0 Å². The number of fused-ring (bicyclic) bond motifs is 9. The molecule has 0 fully saturated rings. The first-order valence-electron chi connectivity index (χ1n) is 19.2. The molecule has 57 heavy (non-hydrogen) atoms. The molecule has 6 heteroatoms. The van der Waals surface area contributed by atoms with Gasteiger partial charge in [0.1, 0.15) is 34.3 Å². The normalized spacial score (nSPS) is 14.5. The number of hydrogen-bond donors (Lipinski definition) is 1. The van der Waals surface area contributed by atoms with Crippen LogP contribution in [0.4, 0.5) is 0 Å². The third-order valence-corrected chi connectivity index (χ3v) is 11.3. The maximum atomic E-state index is 6.58. The number of aliphatic imine (C=N–C) groups is 2. The monoisotopic (exact) mass is 732 g/mol. The van der Waals surface area contributed by atoms with Crippen LogP contribution in [0.5, 0.6) is 0 Å². The number of amidine groups is 2. The third kappa shape index (κ3) is 5.04. The van der Waals surface area contributed by atoms with Gasteiger partial charge in [-0.15, -0.1) is 0 Å². The molecule has 0 radical (unpaired) electrons. The van der Waals surface area contributed by atoms with Crippen molar-refractivity contribution >= 4 is 77.4 Å². The summed E-state index contributed by atoms with van der Waals surface area (Å²) in [5.41, 5.74) is 11.9. The Morgan fingerprint density at radius 3 is 1.95 bits per heavy atom. The molecule has 0 aliphatic carbocycles. The summed E-state index contributed by atoms with van der Waals surface area (Å²) in [4.78, 5) is 10.1. The van der Waals surface area contributed by atoms with Crippen LogP contribution in [0.1, 0.15) is 22.9 Å². The van der Waals surface area contributed by atoms with E-state index in [2.05, 4.69) is 149 Å². The molecule has 0 amide bonds. The molecular formula is C51H32N4O2. The van der Waals surface area contributed by atoms with Crippen LogP contribution in [-0.2, 0) is 0 Å². The fraction of sp³-hybridized carbons (Fsp3) is 0.0196. The molecule has 0 bridgehead atoms. The summed E-state index contributed by atoms with van der Waals surface area (Å²) in [6, 6.07) is 63.2. The SMILES string of the molecule is c1ccc(C2=NC(c3ccc4c(c3)oc3cccc(-c5ccc6oc7cc(-n8c9ccccc9c9ccccc98)ccc7c6c5)c34)=NC(c3ccccc3)N2)cc1. The Morgan fingerprint density at radius 2 is 1.14 bits per heavy atom. The van der Waals surface area contributed by atoms with E-state index in [9.17, 15) is 0 Å². The molecule has 1 aliphatic rings. The van der Waals surface area contributed by atoms with Crippen molar-refractivity contribution in [2.75, 3.05) is 0 Å². The molecule has 11 aromatic rings. The molecule has 3 aromatic heterocycles. The van der Waals surface area contributed by atoms with Crippen molar-refractivity contribution in [3.63, 3.8) is 0 Å². The molecular weight excluding hydrogens is 701 g/mol. The van der Waals surface area contributed by atoms with Gasteiger partial charge in [-0.1, -0.05) is 121 Å². The quantitative estimate of drug-likeness (QED) is 0.192. The number of furan rings is 2. The molecule has 12 rings (SSSR count). The van der Waals surface area contributed by atoms with E-state index in [1.54, 1.807) is 0 Å². The Bertz CT molecular complexity index is 3390. The van der Waals surface area contributed by atoms with Gasteiger partial charge in [-0.3, -0.25) is 0 Å². The molecule has 0 saturated heterocycles. The average molecular weight is 733 g/mol. The number of nitrogens with one attached hydrogen (secondary N) is 1. The van der Waals surface area contributed by atoms with Crippen molar-refractivity contribution in [2.24, 2.45) is 9.98 Å². The number of benzene rings is 8. The van der Waals surface area contributed by atoms with Gasteiger partial charge in [-0.2, -0.15) is 0 Å². The summed E-state index contributed by atoms with van der Waals surface area (Å²) in [5.74, 6) is 1.44. The van der Waals surface area contributed by atoms with Gasteiger partial charge in [0.05, 0.1) is 11.0 Å². The van der Waals surface area contributed by atoms with Crippen LogP contribution in [0.25, 0.3) is 82.5 Å². The Hall–Kier alpha value is -7.70. The van der Waals surface area contributed by atoms with E-state index >= 15 is 0 Å². The van der Waals surface area contributed by atoms with E-state index in [0.29, 0.717) is 5.84 Å². The second-order valence-corrected chi connectivity index (χ2v) is 14.6. The van der Waals surface area contributed by atoms with Gasteiger partial charge >= 0.3 is 0 Å². The summed E-state index contributed by atoms with van der Waals surface area (Å²) >= 11 is 0. The lowest BCUT2D eigenvalue weighted by atomic mass is 9.97. The Kier molecular flexibility index (Phi) is 6.89. The lowest BCUT2D eigenvalue weighted by molar-refractivity contribution is 0.667. The zero-order valence-corrected chi connectivity index (χ0v) is 30.6. The van der Waals surface area contributed by atoms with E-state index in [-0.39, 0.29) is 6.17 Å². The minimum atomic E-state index is -0.277. The highest BCUT2D eigenvalue weighted by Gasteiger charge is 2.22. The number of para-hydroxylation sites is 2. The molecule has 0 saturated carbocycles. The molecule has 1 atom stereocenters. The van der Waals surface area contributed by atoms with Crippen molar-refractivity contribution in [1.29, 1.82) is 0 Å². The maximum Gasteiger partial charge on any atom is 0.159 e. The smallest absolute Gasteiger partial charge is 0.159 e. The zero-order chi connectivity index (χ0) is 37.5. The first-order valence-corrected chi connectivity index (χ1v) is 19.2. The Labute approximate surface area is 326 Å². The Morgan fingerprint density at radius 1 is 0.456 bits per heavy atom. The maximum absolute atomic E-state index is 6.58. The van der Waals surface area contributed by atoms with Gasteiger partial charge in [0.25, 0.3) is 0 Å². The number of aromatic nitrogens is 1. The van der Waals surface area contributed by atoms with Crippen LogP contribution < -0.4 is 5.32 Å². The van der Waals surface area contributed by atoms with Crippen LogP contribution in [0, 0.1) is 0 Å². The fourth-order valence-electron chi connectivity index (χ4n) is 8.61. The first-order chi connectivity index (χ1) is 28.2. The third-order valence-electron chi connectivity index (χ3n) is 11.3. The average Bonchev–Trinajstić information content (AvgIpc) is 3.95. The number of nitrogens with zero attached hydrogens (tertiary/aromatic N) is 3. The zero-order valence-electron chi connectivity index (χ0n) is 30.6. The van der Waals surface area contributed by atoms with Gasteiger partial charge in [-0.25, -0.2) is 9.98 Å². The van der Waals surface area contributed by atoms with E-state index in [1.807, 2.05) is 42.5 Å². The second-order valence-electron chi connectivity index (χ2n) is 14.6. The van der Waals surface area contributed by atoms with E-state index < -0.39 is 0 Å². The van der Waals surface area contributed by atoms with Crippen molar-refractivity contribution in [3.8, 4) is 16.8 Å². The van der Waals surface area contributed by atoms with Gasteiger partial charge in [0.2, 0.25) is 0 Å². The lowest BCUT2D eigenvalue weighted by Crippen LogP contribution is -2.33. The summed E-state index contributed by atoms with van der Waals surface area (Å²) < 4.78 is 15.4. The van der Waals surface area contributed by atoms with Gasteiger partial charge < -0.3 is 18.7 Å². The minimum Gasteiger partial charge on any atom is -0.456 e. The molecule has 6 nitrogen and oxygen atoms in total. The van der Waals surface area contributed by atoms with E-state index in [0.717, 1.165) is 83.2 Å². The van der Waals surface area contributed by atoms with Crippen LogP contribution in [0.3, 0.4) is 0 Å². The van der Waals surface area contributed by atoms with Crippen LogP contribution >= 0.6 is 0 Å². The molecule has 268 valence electrons. The molecule has 4 heterocycles. The lowest BCUT2D eigenvalue weighted by Gasteiger charge is -2.23. The van der Waals surface area contributed by atoms with Crippen LogP contribution in [-0.4, -0.2) is 16.2 Å². The molecule has 0 spiro atoms. The van der Waals surface area contributed by atoms with E-state index in [4.69, 9.17) is 18.8 Å². The highest BCUT2D eigenvalue weighted by atomic mass is 16.3. The summed E-state index contributed by atoms with van der Waals surface area (Å²) in [6.45, 7) is 0. The molecule has 1 aliphatic heterocycles. The molecule has 1 N–H and O–H groups in total. The highest BCUT2D eigenvalue weighted by molar-refractivity contribution is 6.17.